The monoisotopic (exact) mass is 383 g/mol. The molecular weight excluding hydrogens is 366 g/mol. The highest BCUT2D eigenvalue weighted by molar-refractivity contribution is 7.92. The fourth-order valence-electron chi connectivity index (χ4n) is 3.01. The molecule has 2 aromatic rings. The lowest BCUT2D eigenvalue weighted by atomic mass is 10.1. The van der Waals surface area contributed by atoms with E-state index in [0.717, 1.165) is 9.69 Å². The molecule has 0 aliphatic carbocycles. The summed E-state index contributed by atoms with van der Waals surface area (Å²) in [6.45, 7) is -0.769. The molecule has 0 radical (unpaired) electrons. The average molecular weight is 383 g/mol. The highest BCUT2D eigenvalue weighted by Gasteiger charge is 2.39. The fourth-order valence-corrected chi connectivity index (χ4v) is 6.47. The van der Waals surface area contributed by atoms with E-state index in [1.165, 1.54) is 12.1 Å². The van der Waals surface area contributed by atoms with Crippen LogP contribution in [-0.4, -0.2) is 56.3 Å². The summed E-state index contributed by atoms with van der Waals surface area (Å²) in [6.07, 6.45) is 0.0996. The Bertz CT molecular complexity index is 1030. The SMILES string of the molecule is O=C(O)CN([C@@H]1CCS(=O)(=O)C1)S(=O)(=O)c1ccc2ccccc2c1. The molecule has 2 aromatic carbocycles. The van der Waals surface area contributed by atoms with Crippen LogP contribution in [0.5, 0.6) is 0 Å². The number of rotatable bonds is 5. The minimum absolute atomic E-state index is 0.0447. The molecule has 0 spiro atoms. The van der Waals surface area contributed by atoms with Gasteiger partial charge in [0.15, 0.2) is 9.84 Å². The van der Waals surface area contributed by atoms with Gasteiger partial charge < -0.3 is 5.11 Å². The molecule has 1 atom stereocenters. The molecular formula is C16H17NO6S2. The van der Waals surface area contributed by atoms with Crippen LogP contribution < -0.4 is 0 Å². The molecule has 1 heterocycles. The first kappa shape index (κ1) is 17.8. The first-order valence-corrected chi connectivity index (χ1v) is 10.9. The van der Waals surface area contributed by atoms with Gasteiger partial charge in [-0.15, -0.1) is 0 Å². The molecule has 0 unspecified atom stereocenters. The zero-order valence-electron chi connectivity index (χ0n) is 13.2. The first-order chi connectivity index (χ1) is 11.7. The predicted octanol–water partition coefficient (Wildman–Crippen LogP) is 1.10. The van der Waals surface area contributed by atoms with Crippen LogP contribution in [0.2, 0.25) is 0 Å². The maximum Gasteiger partial charge on any atom is 0.318 e. The summed E-state index contributed by atoms with van der Waals surface area (Å²) in [4.78, 5) is 11.1. The molecule has 1 fully saturated rings. The summed E-state index contributed by atoms with van der Waals surface area (Å²) < 4.78 is 50.2. The van der Waals surface area contributed by atoms with Gasteiger partial charge in [-0.1, -0.05) is 30.3 Å². The van der Waals surface area contributed by atoms with Crippen molar-refractivity contribution in [3.8, 4) is 0 Å². The smallest absolute Gasteiger partial charge is 0.318 e. The van der Waals surface area contributed by atoms with Crippen LogP contribution >= 0.6 is 0 Å². The minimum atomic E-state index is -4.13. The van der Waals surface area contributed by atoms with Crippen LogP contribution in [0.4, 0.5) is 0 Å². The number of fused-ring (bicyclic) bond motifs is 1. The van der Waals surface area contributed by atoms with Gasteiger partial charge in [0.25, 0.3) is 0 Å². The molecule has 1 aliphatic rings. The second kappa shape index (κ2) is 6.40. The van der Waals surface area contributed by atoms with Crippen LogP contribution in [0.15, 0.2) is 47.4 Å². The van der Waals surface area contributed by atoms with Crippen molar-refractivity contribution in [2.45, 2.75) is 17.4 Å². The Morgan fingerprint density at radius 2 is 1.84 bits per heavy atom. The Morgan fingerprint density at radius 3 is 2.44 bits per heavy atom. The zero-order valence-corrected chi connectivity index (χ0v) is 14.8. The normalized spacial score (nSPS) is 20.1. The quantitative estimate of drug-likeness (QED) is 0.828. The van der Waals surface area contributed by atoms with Crippen molar-refractivity contribution in [2.24, 2.45) is 0 Å². The van der Waals surface area contributed by atoms with E-state index in [1.54, 1.807) is 18.2 Å². The van der Waals surface area contributed by atoms with Crippen LogP contribution in [0, 0.1) is 0 Å². The summed E-state index contributed by atoms with van der Waals surface area (Å²) >= 11 is 0. The van der Waals surface area contributed by atoms with E-state index in [2.05, 4.69) is 0 Å². The van der Waals surface area contributed by atoms with Crippen molar-refractivity contribution in [3.63, 3.8) is 0 Å². The second-order valence-corrected chi connectivity index (χ2v) is 10.1. The van der Waals surface area contributed by atoms with Crippen LogP contribution in [0.1, 0.15) is 6.42 Å². The van der Waals surface area contributed by atoms with Gasteiger partial charge in [0, 0.05) is 6.04 Å². The Balaban J connectivity index is 2.04. The number of carbonyl (C=O) groups is 1. The van der Waals surface area contributed by atoms with Gasteiger partial charge in [-0.25, -0.2) is 16.8 Å². The van der Waals surface area contributed by atoms with E-state index < -0.39 is 38.4 Å². The van der Waals surface area contributed by atoms with E-state index in [1.807, 2.05) is 12.1 Å². The number of sulfone groups is 1. The molecule has 134 valence electrons. The lowest BCUT2D eigenvalue weighted by Crippen LogP contribution is -2.44. The average Bonchev–Trinajstić information content (AvgIpc) is 2.91. The molecule has 1 aliphatic heterocycles. The highest BCUT2D eigenvalue weighted by Crippen LogP contribution is 2.27. The van der Waals surface area contributed by atoms with Gasteiger partial charge in [-0.3, -0.25) is 4.79 Å². The molecule has 1 N–H and O–H groups in total. The van der Waals surface area contributed by atoms with Crippen LogP contribution in [0.3, 0.4) is 0 Å². The Morgan fingerprint density at radius 1 is 1.16 bits per heavy atom. The molecule has 7 nitrogen and oxygen atoms in total. The number of aliphatic carboxylic acids is 1. The van der Waals surface area contributed by atoms with Crippen molar-refractivity contribution in [3.05, 3.63) is 42.5 Å². The summed E-state index contributed by atoms with van der Waals surface area (Å²) in [5.41, 5.74) is 0. The van der Waals surface area contributed by atoms with Crippen molar-refractivity contribution in [2.75, 3.05) is 18.1 Å². The minimum Gasteiger partial charge on any atom is -0.480 e. The lowest BCUT2D eigenvalue weighted by molar-refractivity contribution is -0.137. The first-order valence-electron chi connectivity index (χ1n) is 7.62. The number of carboxylic acids is 1. The summed E-state index contributed by atoms with van der Waals surface area (Å²) in [6, 6.07) is 10.9. The van der Waals surface area contributed by atoms with E-state index in [9.17, 15) is 21.6 Å². The van der Waals surface area contributed by atoms with E-state index in [4.69, 9.17) is 5.11 Å². The molecule has 0 saturated carbocycles. The second-order valence-electron chi connectivity index (χ2n) is 6.01. The molecule has 0 amide bonds. The van der Waals surface area contributed by atoms with Crippen molar-refractivity contribution < 1.29 is 26.7 Å². The summed E-state index contributed by atoms with van der Waals surface area (Å²) in [5.74, 6) is -1.82. The maximum atomic E-state index is 13.0. The predicted molar refractivity (Wildman–Crippen MR) is 92.5 cm³/mol. The van der Waals surface area contributed by atoms with E-state index >= 15 is 0 Å². The Labute approximate surface area is 145 Å². The topological polar surface area (TPSA) is 109 Å². The lowest BCUT2D eigenvalue weighted by Gasteiger charge is -2.25. The number of carboxylic acid groups (broad SMARTS) is 1. The third-order valence-corrected chi connectivity index (χ3v) is 7.88. The Hall–Kier alpha value is -1.97. The summed E-state index contributed by atoms with van der Waals surface area (Å²) in [5, 5.41) is 10.7. The van der Waals surface area contributed by atoms with Gasteiger partial charge in [-0.05, 0) is 29.3 Å². The molecule has 1 saturated heterocycles. The number of hydrogen-bond donors (Lipinski definition) is 1. The number of sulfonamides is 1. The standard InChI is InChI=1S/C16H17NO6S2/c18-16(19)10-17(14-7-8-24(20,21)11-14)25(22,23)15-6-5-12-3-1-2-4-13(12)9-15/h1-6,9,14H,7-8,10-11H2,(H,18,19)/t14-/m1/s1. The van der Waals surface area contributed by atoms with Crippen LogP contribution in [0.25, 0.3) is 10.8 Å². The van der Waals surface area contributed by atoms with Gasteiger partial charge in [0.1, 0.15) is 6.54 Å². The molecule has 9 heteroatoms. The largest absolute Gasteiger partial charge is 0.480 e. The van der Waals surface area contributed by atoms with Crippen LogP contribution in [-0.2, 0) is 24.7 Å². The van der Waals surface area contributed by atoms with Gasteiger partial charge in [0.05, 0.1) is 16.4 Å². The van der Waals surface area contributed by atoms with Gasteiger partial charge in [0.2, 0.25) is 10.0 Å². The highest BCUT2D eigenvalue weighted by atomic mass is 32.2. The van der Waals surface area contributed by atoms with Crippen molar-refractivity contribution in [1.29, 1.82) is 0 Å². The molecule has 0 bridgehead atoms. The van der Waals surface area contributed by atoms with E-state index in [0.29, 0.717) is 5.39 Å². The van der Waals surface area contributed by atoms with Gasteiger partial charge >= 0.3 is 5.97 Å². The van der Waals surface area contributed by atoms with Crippen molar-refractivity contribution in [1.82, 2.24) is 4.31 Å². The third-order valence-electron chi connectivity index (χ3n) is 4.23. The zero-order chi connectivity index (χ0) is 18.2. The maximum absolute atomic E-state index is 13.0. The number of benzene rings is 2. The van der Waals surface area contributed by atoms with Gasteiger partial charge in [-0.2, -0.15) is 4.31 Å². The molecule has 3 rings (SSSR count). The van der Waals surface area contributed by atoms with E-state index in [-0.39, 0.29) is 22.8 Å². The number of nitrogens with zero attached hydrogens (tertiary/aromatic N) is 1. The number of hydrogen-bond acceptors (Lipinski definition) is 5. The summed E-state index contributed by atoms with van der Waals surface area (Å²) in [7, 11) is -7.49. The van der Waals surface area contributed by atoms with Crippen molar-refractivity contribution >= 4 is 36.6 Å². The molecule has 0 aromatic heterocycles. The fraction of sp³-hybridized carbons (Fsp3) is 0.312. The third kappa shape index (κ3) is 3.68. The molecule has 25 heavy (non-hydrogen) atoms. The Kier molecular flexibility index (Phi) is 4.56.